The summed E-state index contributed by atoms with van der Waals surface area (Å²) in [6, 6.07) is 13.9. The largest absolute Gasteiger partial charge is 0.382 e. The number of hydrogen-bond donors (Lipinski definition) is 2. The van der Waals surface area contributed by atoms with Gasteiger partial charge >= 0.3 is 0 Å². The molecule has 1 amide bonds. The predicted molar refractivity (Wildman–Crippen MR) is 125 cm³/mol. The fraction of sp³-hybridized carbons (Fsp3) is 0.370. The molecule has 2 aliphatic rings. The van der Waals surface area contributed by atoms with Gasteiger partial charge < -0.3 is 10.4 Å². The maximum absolute atomic E-state index is 13.8. The quantitative estimate of drug-likeness (QED) is 0.554. The molecule has 2 aliphatic carbocycles. The summed E-state index contributed by atoms with van der Waals surface area (Å²) in [5, 5.41) is 14.1. The maximum Gasteiger partial charge on any atom is 0.225 e. The number of carbonyl (C=O) groups excluding carboxylic acids is 1. The van der Waals surface area contributed by atoms with Gasteiger partial charge in [0.25, 0.3) is 0 Å². The van der Waals surface area contributed by atoms with Crippen LogP contribution in [0.25, 0.3) is 11.3 Å². The van der Waals surface area contributed by atoms with E-state index in [0.717, 1.165) is 29.7 Å². The highest BCUT2D eigenvalue weighted by Gasteiger charge is 2.27. The first-order chi connectivity index (χ1) is 16.1. The maximum atomic E-state index is 13.8. The van der Waals surface area contributed by atoms with Crippen molar-refractivity contribution < 1.29 is 14.3 Å². The number of aliphatic hydroxyl groups is 1. The third kappa shape index (κ3) is 4.67. The number of nitrogens with zero attached hydrogens (tertiary/aromatic N) is 2. The Labute approximate surface area is 193 Å². The van der Waals surface area contributed by atoms with Crippen LogP contribution in [-0.2, 0) is 17.6 Å². The molecule has 0 saturated heterocycles. The average Bonchev–Trinajstić information content (AvgIpc) is 2.84. The van der Waals surface area contributed by atoms with Crippen molar-refractivity contribution in [2.75, 3.05) is 5.32 Å². The van der Waals surface area contributed by atoms with Crippen molar-refractivity contribution in [2.45, 2.75) is 57.5 Å². The van der Waals surface area contributed by atoms with Gasteiger partial charge in [0, 0.05) is 12.0 Å². The minimum Gasteiger partial charge on any atom is -0.382 e. The molecule has 1 fully saturated rings. The Hall–Kier alpha value is -3.12. The van der Waals surface area contributed by atoms with Gasteiger partial charge in [0.15, 0.2) is 5.82 Å². The number of anilines is 1. The van der Waals surface area contributed by atoms with Gasteiger partial charge in [0.05, 0.1) is 11.4 Å². The molecular weight excluding hydrogens is 417 g/mol. The summed E-state index contributed by atoms with van der Waals surface area (Å²) in [6.45, 7) is 0. The number of carbonyl (C=O) groups is 1. The van der Waals surface area contributed by atoms with E-state index in [4.69, 9.17) is 9.97 Å². The van der Waals surface area contributed by atoms with E-state index in [1.54, 1.807) is 6.07 Å². The van der Waals surface area contributed by atoms with Crippen molar-refractivity contribution >= 4 is 11.7 Å². The third-order valence-electron chi connectivity index (χ3n) is 6.78. The van der Waals surface area contributed by atoms with Crippen LogP contribution in [0.15, 0.2) is 48.5 Å². The topological polar surface area (TPSA) is 75.1 Å². The zero-order valence-electron chi connectivity index (χ0n) is 18.6. The lowest BCUT2D eigenvalue weighted by atomic mass is 9.87. The Bertz CT molecular complexity index is 1160. The smallest absolute Gasteiger partial charge is 0.225 e. The summed E-state index contributed by atoms with van der Waals surface area (Å²) < 4.78 is 13.8. The number of aryl methyl sites for hydroxylation is 2. The molecular formula is C27H28FN3O2. The molecule has 170 valence electrons. The molecule has 1 heterocycles. The Morgan fingerprint density at radius 2 is 1.85 bits per heavy atom. The van der Waals surface area contributed by atoms with E-state index >= 15 is 0 Å². The highest BCUT2D eigenvalue weighted by atomic mass is 19.1. The first-order valence-corrected chi connectivity index (χ1v) is 11.8. The monoisotopic (exact) mass is 445 g/mol. The van der Waals surface area contributed by atoms with Gasteiger partial charge in [-0.25, -0.2) is 14.4 Å². The number of nitrogens with one attached hydrogen (secondary N) is 1. The molecule has 6 heteroatoms. The van der Waals surface area contributed by atoms with Crippen LogP contribution in [0.5, 0.6) is 0 Å². The fourth-order valence-corrected chi connectivity index (χ4v) is 5.04. The zero-order valence-corrected chi connectivity index (χ0v) is 18.6. The minimum atomic E-state index is -1.04. The summed E-state index contributed by atoms with van der Waals surface area (Å²) >= 11 is 0. The number of halogens is 1. The van der Waals surface area contributed by atoms with Crippen LogP contribution in [0, 0.1) is 11.7 Å². The molecule has 2 aromatic carbocycles. The number of rotatable bonds is 5. The van der Waals surface area contributed by atoms with Crippen LogP contribution in [0.3, 0.4) is 0 Å². The number of hydrogen-bond acceptors (Lipinski definition) is 4. The summed E-state index contributed by atoms with van der Waals surface area (Å²) in [4.78, 5) is 22.5. The van der Waals surface area contributed by atoms with Gasteiger partial charge in [0.1, 0.15) is 17.6 Å². The molecule has 33 heavy (non-hydrogen) atoms. The summed E-state index contributed by atoms with van der Waals surface area (Å²) in [5.41, 5.74) is 4.09. The van der Waals surface area contributed by atoms with Gasteiger partial charge in [-0.2, -0.15) is 0 Å². The second-order valence-electron chi connectivity index (χ2n) is 9.12. The summed E-state index contributed by atoms with van der Waals surface area (Å²) in [6.07, 6.45) is 6.43. The van der Waals surface area contributed by atoms with E-state index in [9.17, 15) is 14.3 Å². The summed E-state index contributed by atoms with van der Waals surface area (Å²) in [5.74, 6) is 0.349. The van der Waals surface area contributed by atoms with Crippen LogP contribution in [0.4, 0.5) is 10.2 Å². The second kappa shape index (κ2) is 9.40. The molecule has 3 aromatic rings. The highest BCUT2D eigenvalue weighted by Crippen LogP contribution is 2.36. The molecule has 5 nitrogen and oxygen atoms in total. The Balaban J connectivity index is 1.52. The lowest BCUT2D eigenvalue weighted by molar-refractivity contribution is -0.117. The molecule has 0 spiro atoms. The lowest BCUT2D eigenvalue weighted by Gasteiger charge is -2.24. The number of aromatic nitrogens is 2. The van der Waals surface area contributed by atoms with Gasteiger partial charge in [-0.3, -0.25) is 4.79 Å². The molecule has 1 unspecified atom stereocenters. The third-order valence-corrected chi connectivity index (χ3v) is 6.78. The van der Waals surface area contributed by atoms with Gasteiger partial charge in [-0.05, 0) is 60.9 Å². The number of benzene rings is 2. The normalized spacial score (nSPS) is 16.5. The standard InChI is InChI=1S/C27H28FN3O2/c28-20-12-13-21-19(16-20)11-14-22-24(21)31-25(26(33)18-9-5-2-6-10-18)27(29-22)30-23(32)15-17-7-3-1-4-8-17/h2,5-6,9-10,12-13,16-17,26,33H,1,3-4,7-8,11,14-15H2,(H,29,30,32). The van der Waals surface area contributed by atoms with Crippen LogP contribution in [0.1, 0.15) is 67.1 Å². The zero-order chi connectivity index (χ0) is 22.8. The number of fused-ring (bicyclic) bond motifs is 3. The minimum absolute atomic E-state index is 0.0871. The highest BCUT2D eigenvalue weighted by molar-refractivity contribution is 5.91. The van der Waals surface area contributed by atoms with Crippen LogP contribution in [0.2, 0.25) is 0 Å². The van der Waals surface area contributed by atoms with E-state index < -0.39 is 6.10 Å². The number of aliphatic hydroxyl groups excluding tert-OH is 1. The van der Waals surface area contributed by atoms with Gasteiger partial charge in [-0.1, -0.05) is 49.6 Å². The lowest BCUT2D eigenvalue weighted by Crippen LogP contribution is -2.22. The van der Waals surface area contributed by atoms with E-state index in [1.807, 2.05) is 30.3 Å². The molecule has 0 radical (unpaired) electrons. The van der Waals surface area contributed by atoms with Crippen molar-refractivity contribution in [3.63, 3.8) is 0 Å². The van der Waals surface area contributed by atoms with Crippen molar-refractivity contribution in [2.24, 2.45) is 5.92 Å². The van der Waals surface area contributed by atoms with E-state index in [2.05, 4.69) is 5.32 Å². The van der Waals surface area contributed by atoms with Crippen LogP contribution >= 0.6 is 0 Å². The van der Waals surface area contributed by atoms with Crippen molar-refractivity contribution in [3.05, 3.63) is 76.9 Å². The molecule has 2 N–H and O–H groups in total. The first-order valence-electron chi connectivity index (χ1n) is 11.8. The Morgan fingerprint density at radius 3 is 2.64 bits per heavy atom. The second-order valence-corrected chi connectivity index (χ2v) is 9.12. The molecule has 1 atom stereocenters. The predicted octanol–water partition coefficient (Wildman–Crippen LogP) is 5.37. The van der Waals surface area contributed by atoms with E-state index in [1.165, 1.54) is 31.4 Å². The van der Waals surface area contributed by atoms with E-state index in [0.29, 0.717) is 47.9 Å². The Morgan fingerprint density at radius 1 is 1.06 bits per heavy atom. The van der Waals surface area contributed by atoms with Crippen LogP contribution in [-0.4, -0.2) is 21.0 Å². The summed E-state index contributed by atoms with van der Waals surface area (Å²) in [7, 11) is 0. The van der Waals surface area contributed by atoms with Crippen molar-refractivity contribution in [1.82, 2.24) is 9.97 Å². The van der Waals surface area contributed by atoms with Crippen molar-refractivity contribution in [1.29, 1.82) is 0 Å². The Kier molecular flexibility index (Phi) is 6.18. The van der Waals surface area contributed by atoms with Crippen molar-refractivity contribution in [3.8, 4) is 11.3 Å². The number of amides is 1. The first kappa shape index (κ1) is 21.7. The SMILES string of the molecule is O=C(CC1CCCCC1)Nc1nc2c(nc1C(O)c1ccccc1)-c1ccc(F)cc1CC2. The molecule has 5 rings (SSSR count). The van der Waals surface area contributed by atoms with Gasteiger partial charge in [0.2, 0.25) is 5.91 Å². The molecule has 0 bridgehead atoms. The van der Waals surface area contributed by atoms with E-state index in [-0.39, 0.29) is 11.7 Å². The van der Waals surface area contributed by atoms with Crippen LogP contribution < -0.4 is 5.32 Å². The van der Waals surface area contributed by atoms with Gasteiger partial charge in [-0.15, -0.1) is 0 Å². The average molecular weight is 446 g/mol. The fourth-order valence-electron chi connectivity index (χ4n) is 5.04. The molecule has 1 aromatic heterocycles. The molecule has 0 aliphatic heterocycles. The molecule has 1 saturated carbocycles.